The molecule has 0 aromatic heterocycles. The summed E-state index contributed by atoms with van der Waals surface area (Å²) in [5.74, 6) is 0.154. The van der Waals surface area contributed by atoms with Crippen molar-refractivity contribution in [3.8, 4) is 11.5 Å². The van der Waals surface area contributed by atoms with Crippen molar-refractivity contribution in [1.82, 2.24) is 4.90 Å². The van der Waals surface area contributed by atoms with Gasteiger partial charge < -0.3 is 19.3 Å². The molecule has 1 aromatic carbocycles. The first-order valence-electron chi connectivity index (χ1n) is 7.74. The molecule has 132 valence electrons. The number of rotatable bonds is 5. The Labute approximate surface area is 141 Å². The molecule has 7 heteroatoms. The lowest BCUT2D eigenvalue weighted by molar-refractivity contribution is -0.142. The van der Waals surface area contributed by atoms with Crippen LogP contribution in [0.15, 0.2) is 18.2 Å². The van der Waals surface area contributed by atoms with Crippen molar-refractivity contribution in [2.45, 2.75) is 38.3 Å². The van der Waals surface area contributed by atoms with Gasteiger partial charge in [-0.05, 0) is 38.8 Å². The molecule has 1 aliphatic rings. The summed E-state index contributed by atoms with van der Waals surface area (Å²) in [5, 5.41) is 9.20. The van der Waals surface area contributed by atoms with Gasteiger partial charge in [0.2, 0.25) is 0 Å². The van der Waals surface area contributed by atoms with Crippen molar-refractivity contribution in [2.75, 3.05) is 20.8 Å². The highest BCUT2D eigenvalue weighted by molar-refractivity contribution is 5.80. The van der Waals surface area contributed by atoms with E-state index in [1.165, 1.54) is 4.90 Å². The fraction of sp³-hybridized carbons (Fsp3) is 0.529. The Morgan fingerprint density at radius 2 is 1.75 bits per heavy atom. The molecule has 1 amide bonds. The fourth-order valence-corrected chi connectivity index (χ4v) is 2.73. The average molecular weight is 337 g/mol. The Bertz CT molecular complexity index is 605. The highest BCUT2D eigenvalue weighted by Gasteiger charge is 2.38. The lowest BCUT2D eigenvalue weighted by atomic mass is 9.97. The first-order chi connectivity index (χ1) is 11.3. The zero-order chi connectivity index (χ0) is 17.9. The van der Waals surface area contributed by atoms with Crippen molar-refractivity contribution < 1.29 is 28.9 Å². The van der Waals surface area contributed by atoms with E-state index in [1.807, 2.05) is 0 Å². The largest absolute Gasteiger partial charge is 0.497 e. The number of carboxylic acids is 1. The van der Waals surface area contributed by atoms with Crippen molar-refractivity contribution in [1.29, 1.82) is 0 Å². The maximum absolute atomic E-state index is 12.4. The summed E-state index contributed by atoms with van der Waals surface area (Å²) in [6.45, 7) is 3.86. The third-order valence-corrected chi connectivity index (χ3v) is 4.16. The first kappa shape index (κ1) is 17.9. The summed E-state index contributed by atoms with van der Waals surface area (Å²) >= 11 is 0. The molecule has 1 N–H and O–H groups in total. The summed E-state index contributed by atoms with van der Waals surface area (Å²) in [6, 6.07) is 4.42. The number of hydrogen-bond acceptors (Lipinski definition) is 5. The first-order valence-corrected chi connectivity index (χ1v) is 7.74. The Morgan fingerprint density at radius 3 is 2.25 bits per heavy atom. The van der Waals surface area contributed by atoms with Crippen LogP contribution >= 0.6 is 0 Å². The number of aliphatic carboxylic acids is 1. The van der Waals surface area contributed by atoms with E-state index >= 15 is 0 Å². The molecule has 1 atom stereocenters. The second-order valence-electron chi connectivity index (χ2n) is 6.17. The molecule has 1 heterocycles. The zero-order valence-electron chi connectivity index (χ0n) is 14.4. The van der Waals surface area contributed by atoms with Crippen LogP contribution in [0.25, 0.3) is 0 Å². The van der Waals surface area contributed by atoms with Crippen LogP contribution in [0.1, 0.15) is 32.3 Å². The van der Waals surface area contributed by atoms with Gasteiger partial charge in [0.15, 0.2) is 0 Å². The van der Waals surface area contributed by atoms with Crippen molar-refractivity contribution >= 4 is 12.1 Å². The van der Waals surface area contributed by atoms with Gasteiger partial charge in [-0.2, -0.15) is 0 Å². The van der Waals surface area contributed by atoms with E-state index in [0.29, 0.717) is 36.4 Å². The fourth-order valence-electron chi connectivity index (χ4n) is 2.73. The van der Waals surface area contributed by atoms with Gasteiger partial charge in [-0.25, -0.2) is 9.59 Å². The smallest absolute Gasteiger partial charge is 0.411 e. The van der Waals surface area contributed by atoms with Crippen LogP contribution in [-0.2, 0) is 15.1 Å². The molecule has 0 spiro atoms. The number of carbonyl (C=O) groups excluding carboxylic acids is 1. The number of carboxylic acid groups (broad SMARTS) is 1. The topological polar surface area (TPSA) is 85.3 Å². The van der Waals surface area contributed by atoms with Crippen LogP contribution < -0.4 is 9.47 Å². The van der Waals surface area contributed by atoms with Gasteiger partial charge in [0.25, 0.3) is 0 Å². The number of nitrogens with zero attached hydrogens (tertiary/aromatic N) is 1. The normalized spacial score (nSPS) is 17.5. The van der Waals surface area contributed by atoms with Crippen molar-refractivity contribution in [2.24, 2.45) is 0 Å². The van der Waals surface area contributed by atoms with Gasteiger partial charge in [0, 0.05) is 18.2 Å². The van der Waals surface area contributed by atoms with Crippen LogP contribution in [0, 0.1) is 0 Å². The Morgan fingerprint density at radius 1 is 1.17 bits per heavy atom. The number of likely N-dealkylation sites (tertiary alicyclic amines) is 1. The predicted octanol–water partition coefficient (Wildman–Crippen LogP) is 2.62. The molecule has 0 saturated carbocycles. The van der Waals surface area contributed by atoms with Gasteiger partial charge in [-0.1, -0.05) is 0 Å². The SMILES string of the molecule is COc1cc(OC)cc(C(C)(C)OC(=O)N2CCC[C@@H]2C(=O)O)c1. The van der Waals surface area contributed by atoms with E-state index in [0.717, 1.165) is 0 Å². The maximum Gasteiger partial charge on any atom is 0.411 e. The second kappa shape index (κ2) is 6.98. The monoisotopic (exact) mass is 337 g/mol. The van der Waals surface area contributed by atoms with Crippen molar-refractivity contribution in [3.05, 3.63) is 23.8 Å². The number of benzene rings is 1. The van der Waals surface area contributed by atoms with Crippen LogP contribution in [-0.4, -0.2) is 48.9 Å². The second-order valence-corrected chi connectivity index (χ2v) is 6.17. The summed E-state index contributed by atoms with van der Waals surface area (Å²) in [6.07, 6.45) is 0.462. The Hall–Kier alpha value is -2.44. The number of ether oxygens (including phenoxy) is 3. The lowest BCUT2D eigenvalue weighted by Crippen LogP contribution is -2.43. The molecule has 0 bridgehead atoms. The summed E-state index contributed by atoms with van der Waals surface area (Å²) in [7, 11) is 3.08. The standard InChI is InChI=1S/C17H23NO6/c1-17(2,11-8-12(22-3)10-13(9-11)23-4)24-16(21)18-7-5-6-14(18)15(19)20/h8-10,14H,5-7H2,1-4H3,(H,19,20)/t14-/m1/s1. The third kappa shape index (κ3) is 3.72. The van der Waals surface area contributed by atoms with Gasteiger partial charge in [0.05, 0.1) is 14.2 Å². The zero-order valence-corrected chi connectivity index (χ0v) is 14.4. The van der Waals surface area contributed by atoms with Crippen LogP contribution in [0.4, 0.5) is 4.79 Å². The van der Waals surface area contributed by atoms with E-state index in [2.05, 4.69) is 0 Å². The van der Waals surface area contributed by atoms with Gasteiger partial charge in [0.1, 0.15) is 23.1 Å². The predicted molar refractivity (Wildman–Crippen MR) is 86.4 cm³/mol. The van der Waals surface area contributed by atoms with Crippen LogP contribution in [0.2, 0.25) is 0 Å². The molecule has 0 unspecified atom stereocenters. The molecule has 1 fully saturated rings. The minimum absolute atomic E-state index is 0.382. The molecule has 1 aliphatic heterocycles. The molecule has 24 heavy (non-hydrogen) atoms. The lowest BCUT2D eigenvalue weighted by Gasteiger charge is -2.30. The van der Waals surface area contributed by atoms with E-state index in [4.69, 9.17) is 14.2 Å². The molecule has 7 nitrogen and oxygen atoms in total. The Kier molecular flexibility index (Phi) is 5.21. The maximum atomic E-state index is 12.4. The third-order valence-electron chi connectivity index (χ3n) is 4.16. The number of hydrogen-bond donors (Lipinski definition) is 1. The molecule has 1 aromatic rings. The molecule has 0 aliphatic carbocycles. The molecule has 2 rings (SSSR count). The molecule has 1 saturated heterocycles. The van der Waals surface area contributed by atoms with Crippen LogP contribution in [0.3, 0.4) is 0 Å². The van der Waals surface area contributed by atoms with Gasteiger partial charge >= 0.3 is 12.1 Å². The highest BCUT2D eigenvalue weighted by Crippen LogP contribution is 2.33. The molecular weight excluding hydrogens is 314 g/mol. The van der Waals surface area contributed by atoms with E-state index in [9.17, 15) is 14.7 Å². The van der Waals surface area contributed by atoms with E-state index in [1.54, 1.807) is 46.3 Å². The summed E-state index contributed by atoms with van der Waals surface area (Å²) < 4.78 is 16.1. The Balaban J connectivity index is 2.21. The number of methoxy groups -OCH3 is 2. The minimum Gasteiger partial charge on any atom is -0.497 e. The minimum atomic E-state index is -1.01. The van der Waals surface area contributed by atoms with Crippen LogP contribution in [0.5, 0.6) is 11.5 Å². The van der Waals surface area contributed by atoms with Gasteiger partial charge in [-0.15, -0.1) is 0 Å². The van der Waals surface area contributed by atoms with E-state index in [-0.39, 0.29) is 0 Å². The number of carbonyl (C=O) groups is 2. The molecular formula is C17H23NO6. The van der Waals surface area contributed by atoms with Gasteiger partial charge in [-0.3, -0.25) is 4.90 Å². The quantitative estimate of drug-likeness (QED) is 0.889. The number of amides is 1. The summed E-state index contributed by atoms with van der Waals surface area (Å²) in [5.41, 5.74) is -0.275. The van der Waals surface area contributed by atoms with Crippen molar-refractivity contribution in [3.63, 3.8) is 0 Å². The van der Waals surface area contributed by atoms with E-state index < -0.39 is 23.7 Å². The average Bonchev–Trinajstić information content (AvgIpc) is 3.04. The molecule has 0 radical (unpaired) electrons. The highest BCUT2D eigenvalue weighted by atomic mass is 16.6. The summed E-state index contributed by atoms with van der Waals surface area (Å²) in [4.78, 5) is 24.9.